The van der Waals surface area contributed by atoms with Crippen LogP contribution in [0.3, 0.4) is 0 Å². The molecular weight excluding hydrogens is 288 g/mol. The summed E-state index contributed by atoms with van der Waals surface area (Å²) in [5.74, 6) is 1.56. The Bertz CT molecular complexity index is 731. The Morgan fingerprint density at radius 3 is 3.00 bits per heavy atom. The van der Waals surface area contributed by atoms with Gasteiger partial charge in [-0.3, -0.25) is 0 Å². The van der Waals surface area contributed by atoms with Crippen LogP contribution in [-0.2, 0) is 18.6 Å². The van der Waals surface area contributed by atoms with Gasteiger partial charge in [0.05, 0.1) is 5.56 Å². The molecule has 0 radical (unpaired) electrons. The number of nitriles is 1. The first kappa shape index (κ1) is 15.1. The molecule has 0 bridgehead atoms. The van der Waals surface area contributed by atoms with Gasteiger partial charge in [-0.2, -0.15) is 5.26 Å². The van der Waals surface area contributed by atoms with E-state index in [4.69, 9.17) is 4.98 Å². The second kappa shape index (κ2) is 6.54. The number of hydrogen-bond acceptors (Lipinski definition) is 3. The zero-order valence-corrected chi connectivity index (χ0v) is 13.9. The molecule has 1 aromatic carbocycles. The van der Waals surface area contributed by atoms with E-state index < -0.39 is 0 Å². The van der Waals surface area contributed by atoms with Crippen molar-refractivity contribution in [2.45, 2.75) is 43.9 Å². The molecule has 1 atom stereocenters. The second-order valence-electron chi connectivity index (χ2n) is 6.18. The largest absolute Gasteiger partial charge is 0.245 e. The van der Waals surface area contributed by atoms with Crippen LogP contribution in [0.15, 0.2) is 35.4 Å². The Hall–Kier alpha value is -1.79. The van der Waals surface area contributed by atoms with E-state index in [1.807, 2.05) is 0 Å². The SMILES string of the molecule is Cc1cccc(CSc2nc3c(cc2C#N)CC(C)CC3)c1. The highest BCUT2D eigenvalue weighted by molar-refractivity contribution is 7.98. The minimum absolute atomic E-state index is 0.701. The summed E-state index contributed by atoms with van der Waals surface area (Å²) in [4.78, 5) is 4.80. The highest BCUT2D eigenvalue weighted by Crippen LogP contribution is 2.30. The molecule has 3 heteroatoms. The Morgan fingerprint density at radius 2 is 2.23 bits per heavy atom. The number of aromatic nitrogens is 1. The van der Waals surface area contributed by atoms with Gasteiger partial charge in [0.2, 0.25) is 0 Å². The summed E-state index contributed by atoms with van der Waals surface area (Å²) in [5, 5.41) is 10.3. The smallest absolute Gasteiger partial charge is 0.114 e. The van der Waals surface area contributed by atoms with Crippen LogP contribution in [0.2, 0.25) is 0 Å². The molecule has 1 aromatic heterocycles. The lowest BCUT2D eigenvalue weighted by molar-refractivity contribution is 0.491. The summed E-state index contributed by atoms with van der Waals surface area (Å²) < 4.78 is 0. The van der Waals surface area contributed by atoms with Gasteiger partial charge in [-0.05, 0) is 49.3 Å². The van der Waals surface area contributed by atoms with Crippen molar-refractivity contribution < 1.29 is 0 Å². The molecule has 1 aliphatic rings. The van der Waals surface area contributed by atoms with Crippen molar-refractivity contribution >= 4 is 11.8 Å². The molecule has 0 N–H and O–H groups in total. The lowest BCUT2D eigenvalue weighted by atomic mass is 9.87. The third kappa shape index (κ3) is 3.34. The first-order valence-corrected chi connectivity index (χ1v) is 8.75. The number of pyridine rings is 1. The van der Waals surface area contributed by atoms with E-state index in [2.05, 4.69) is 50.2 Å². The molecule has 22 heavy (non-hydrogen) atoms. The van der Waals surface area contributed by atoms with E-state index in [1.165, 1.54) is 28.8 Å². The number of nitrogens with zero attached hydrogens (tertiary/aromatic N) is 2. The monoisotopic (exact) mass is 308 g/mol. The van der Waals surface area contributed by atoms with Gasteiger partial charge in [-0.25, -0.2) is 4.98 Å². The summed E-state index contributed by atoms with van der Waals surface area (Å²) in [6.45, 7) is 4.38. The Kier molecular flexibility index (Phi) is 4.49. The summed E-state index contributed by atoms with van der Waals surface area (Å²) in [6.07, 6.45) is 3.30. The summed E-state index contributed by atoms with van der Waals surface area (Å²) in [6, 6.07) is 12.9. The molecule has 1 unspecified atom stereocenters. The molecule has 1 heterocycles. The fourth-order valence-electron chi connectivity index (χ4n) is 2.97. The van der Waals surface area contributed by atoms with E-state index in [0.29, 0.717) is 5.92 Å². The summed E-state index contributed by atoms with van der Waals surface area (Å²) >= 11 is 1.67. The zero-order valence-electron chi connectivity index (χ0n) is 13.1. The molecule has 2 nitrogen and oxygen atoms in total. The van der Waals surface area contributed by atoms with Crippen LogP contribution in [0.1, 0.15) is 41.3 Å². The van der Waals surface area contributed by atoms with Crippen LogP contribution in [0.4, 0.5) is 0 Å². The van der Waals surface area contributed by atoms with Gasteiger partial charge >= 0.3 is 0 Å². The van der Waals surface area contributed by atoms with E-state index in [0.717, 1.165) is 29.2 Å². The number of benzene rings is 1. The fourth-order valence-corrected chi connectivity index (χ4v) is 3.89. The summed E-state index contributed by atoms with van der Waals surface area (Å²) in [7, 11) is 0. The van der Waals surface area contributed by atoms with E-state index in [-0.39, 0.29) is 0 Å². The van der Waals surface area contributed by atoms with Gasteiger partial charge in [0, 0.05) is 11.4 Å². The molecule has 0 fully saturated rings. The number of aryl methyl sites for hydroxylation is 2. The average molecular weight is 308 g/mol. The molecule has 0 amide bonds. The first-order valence-electron chi connectivity index (χ1n) is 7.77. The first-order chi connectivity index (χ1) is 10.7. The normalized spacial score (nSPS) is 16.9. The third-order valence-electron chi connectivity index (χ3n) is 4.18. The quantitative estimate of drug-likeness (QED) is 0.773. The van der Waals surface area contributed by atoms with Crippen molar-refractivity contribution in [1.82, 2.24) is 4.98 Å². The van der Waals surface area contributed by atoms with E-state index >= 15 is 0 Å². The predicted molar refractivity (Wildman–Crippen MR) is 90.9 cm³/mol. The molecule has 0 saturated heterocycles. The minimum atomic E-state index is 0.701. The number of rotatable bonds is 3. The van der Waals surface area contributed by atoms with Crippen molar-refractivity contribution in [1.29, 1.82) is 5.26 Å². The summed E-state index contributed by atoms with van der Waals surface area (Å²) in [5.41, 5.74) is 5.75. The highest BCUT2D eigenvalue weighted by atomic mass is 32.2. The average Bonchev–Trinajstić information content (AvgIpc) is 2.52. The maximum Gasteiger partial charge on any atom is 0.114 e. The molecule has 3 rings (SSSR count). The molecular formula is C19H20N2S. The van der Waals surface area contributed by atoms with Crippen molar-refractivity contribution in [2.75, 3.05) is 0 Å². The van der Waals surface area contributed by atoms with E-state index in [1.54, 1.807) is 11.8 Å². The standard InChI is InChI=1S/C19H20N2S/c1-13-4-3-5-15(8-13)12-22-19-17(11-20)10-16-9-14(2)6-7-18(16)21-19/h3-5,8,10,14H,6-7,9,12H2,1-2H3. The Labute approximate surface area is 136 Å². The second-order valence-corrected chi connectivity index (χ2v) is 7.15. The number of thioether (sulfide) groups is 1. The van der Waals surface area contributed by atoms with Crippen LogP contribution in [0.25, 0.3) is 0 Å². The lowest BCUT2D eigenvalue weighted by Crippen LogP contribution is -2.14. The van der Waals surface area contributed by atoms with Crippen LogP contribution in [-0.4, -0.2) is 4.98 Å². The van der Waals surface area contributed by atoms with Crippen molar-refractivity contribution in [3.8, 4) is 6.07 Å². The molecule has 2 aromatic rings. The maximum absolute atomic E-state index is 9.42. The number of fused-ring (bicyclic) bond motifs is 1. The zero-order chi connectivity index (χ0) is 15.5. The number of hydrogen-bond donors (Lipinski definition) is 0. The maximum atomic E-state index is 9.42. The molecule has 1 aliphatic carbocycles. The topological polar surface area (TPSA) is 36.7 Å². The Morgan fingerprint density at radius 1 is 1.36 bits per heavy atom. The van der Waals surface area contributed by atoms with Crippen molar-refractivity contribution in [3.05, 3.63) is 58.3 Å². The van der Waals surface area contributed by atoms with Crippen LogP contribution in [0.5, 0.6) is 0 Å². The third-order valence-corrected chi connectivity index (χ3v) is 5.24. The molecule has 112 valence electrons. The predicted octanol–water partition coefficient (Wildman–Crippen LogP) is 4.68. The lowest BCUT2D eigenvalue weighted by Gasteiger charge is -2.21. The van der Waals surface area contributed by atoms with Crippen LogP contribution >= 0.6 is 11.8 Å². The van der Waals surface area contributed by atoms with Gasteiger partial charge in [0.15, 0.2) is 0 Å². The molecule has 0 spiro atoms. The fraction of sp³-hybridized carbons (Fsp3) is 0.368. The Balaban J connectivity index is 1.83. The van der Waals surface area contributed by atoms with Crippen molar-refractivity contribution in [3.63, 3.8) is 0 Å². The van der Waals surface area contributed by atoms with Gasteiger partial charge < -0.3 is 0 Å². The van der Waals surface area contributed by atoms with Gasteiger partial charge in [0.1, 0.15) is 11.1 Å². The molecule has 0 aliphatic heterocycles. The highest BCUT2D eigenvalue weighted by Gasteiger charge is 2.19. The molecule has 0 saturated carbocycles. The minimum Gasteiger partial charge on any atom is -0.245 e. The van der Waals surface area contributed by atoms with Crippen molar-refractivity contribution in [2.24, 2.45) is 5.92 Å². The van der Waals surface area contributed by atoms with Crippen LogP contribution < -0.4 is 0 Å². The van der Waals surface area contributed by atoms with Gasteiger partial charge in [0.25, 0.3) is 0 Å². The van der Waals surface area contributed by atoms with Gasteiger partial charge in [-0.15, -0.1) is 11.8 Å². The van der Waals surface area contributed by atoms with E-state index in [9.17, 15) is 5.26 Å². The van der Waals surface area contributed by atoms with Gasteiger partial charge in [-0.1, -0.05) is 36.8 Å². The van der Waals surface area contributed by atoms with Crippen LogP contribution in [0, 0.1) is 24.2 Å².